The maximum absolute atomic E-state index is 13.8. The molecule has 0 atom stereocenters. The van der Waals surface area contributed by atoms with Crippen molar-refractivity contribution in [2.45, 2.75) is 44.4 Å². The van der Waals surface area contributed by atoms with Crippen LogP contribution in [0.25, 0.3) is 11.3 Å². The standard InChI is InChI=1S/C30H29BrN6O7S/c1-30(2,3)44-29(41)37(19-27(38)39)28(40)25-14-12-23(31)26(33-25)18-36(45(42,43)22-10-7-15-32-16-22)17-21-11-13-24(35-34-21)20-8-5-4-6-9-20/h4-16H,17-19H2,1-3H3,(H,38,39). The molecular formula is C30H29BrN6O7S. The van der Waals surface area contributed by atoms with Gasteiger partial charge in [-0.05, 0) is 73.1 Å². The summed E-state index contributed by atoms with van der Waals surface area (Å²) in [7, 11) is -4.18. The maximum atomic E-state index is 13.8. The van der Waals surface area contributed by atoms with Crippen LogP contribution in [0.15, 0.2) is 88.5 Å². The van der Waals surface area contributed by atoms with Gasteiger partial charge in [-0.1, -0.05) is 30.3 Å². The monoisotopic (exact) mass is 696 g/mol. The number of halogens is 1. The SMILES string of the molecule is CC(C)(C)OC(=O)N(CC(=O)O)C(=O)c1ccc(Br)c(CN(Cc2ccc(-c3ccccc3)nn2)S(=O)(=O)c2cccnc2)n1. The molecule has 3 aromatic heterocycles. The largest absolute Gasteiger partial charge is 0.480 e. The summed E-state index contributed by atoms with van der Waals surface area (Å²) in [5, 5.41) is 17.8. The van der Waals surface area contributed by atoms with E-state index in [1.165, 1.54) is 36.7 Å². The zero-order chi connectivity index (χ0) is 32.8. The summed E-state index contributed by atoms with van der Waals surface area (Å²) < 4.78 is 34.3. The van der Waals surface area contributed by atoms with E-state index in [9.17, 15) is 27.9 Å². The summed E-state index contributed by atoms with van der Waals surface area (Å²) >= 11 is 3.36. The molecule has 45 heavy (non-hydrogen) atoms. The molecule has 0 fully saturated rings. The number of carbonyl (C=O) groups is 3. The van der Waals surface area contributed by atoms with Crippen molar-refractivity contribution in [1.82, 2.24) is 29.4 Å². The van der Waals surface area contributed by atoms with Gasteiger partial charge in [-0.25, -0.2) is 23.1 Å². The summed E-state index contributed by atoms with van der Waals surface area (Å²) in [5.74, 6) is -2.48. The maximum Gasteiger partial charge on any atom is 0.417 e. The Hall–Kier alpha value is -4.60. The van der Waals surface area contributed by atoms with Crippen molar-refractivity contribution in [3.8, 4) is 11.3 Å². The molecule has 0 spiro atoms. The van der Waals surface area contributed by atoms with Gasteiger partial charge in [-0.15, -0.1) is 0 Å². The second-order valence-corrected chi connectivity index (χ2v) is 13.4. The Kier molecular flexibility index (Phi) is 10.4. The molecule has 1 aromatic carbocycles. The molecule has 15 heteroatoms. The van der Waals surface area contributed by atoms with Crippen LogP contribution in [0.2, 0.25) is 0 Å². The number of carboxylic acids is 1. The number of aliphatic carboxylic acids is 1. The first kappa shape index (κ1) is 33.3. The topological polar surface area (TPSA) is 173 Å². The Bertz CT molecular complexity index is 1790. The number of carbonyl (C=O) groups excluding carboxylic acids is 2. The number of hydrogen-bond acceptors (Lipinski definition) is 10. The van der Waals surface area contributed by atoms with E-state index in [0.29, 0.717) is 20.8 Å². The third kappa shape index (κ3) is 8.74. The highest BCUT2D eigenvalue weighted by Crippen LogP contribution is 2.25. The summed E-state index contributed by atoms with van der Waals surface area (Å²) in [6.07, 6.45) is 1.48. The lowest BCUT2D eigenvalue weighted by Crippen LogP contribution is -2.44. The number of hydrogen-bond donors (Lipinski definition) is 1. The minimum Gasteiger partial charge on any atom is -0.480 e. The lowest BCUT2D eigenvalue weighted by atomic mass is 10.1. The molecule has 2 amide bonds. The van der Waals surface area contributed by atoms with Gasteiger partial charge in [0.15, 0.2) is 0 Å². The van der Waals surface area contributed by atoms with Gasteiger partial charge in [0.1, 0.15) is 22.7 Å². The molecule has 4 aromatic rings. The lowest BCUT2D eigenvalue weighted by molar-refractivity contribution is -0.137. The average Bonchev–Trinajstić information content (AvgIpc) is 3.00. The van der Waals surface area contributed by atoms with E-state index < -0.39 is 40.1 Å². The molecule has 13 nitrogen and oxygen atoms in total. The zero-order valence-electron chi connectivity index (χ0n) is 24.5. The van der Waals surface area contributed by atoms with Crippen molar-refractivity contribution in [2.75, 3.05) is 6.54 Å². The molecule has 0 unspecified atom stereocenters. The minimum absolute atomic E-state index is 0.0835. The van der Waals surface area contributed by atoms with E-state index in [2.05, 4.69) is 36.1 Å². The lowest BCUT2D eigenvalue weighted by Gasteiger charge is -2.25. The summed E-state index contributed by atoms with van der Waals surface area (Å²) in [6, 6.07) is 18.4. The quantitative estimate of drug-likeness (QED) is 0.246. The highest BCUT2D eigenvalue weighted by Gasteiger charge is 2.32. The molecule has 0 bridgehead atoms. The normalized spacial score (nSPS) is 11.7. The van der Waals surface area contributed by atoms with E-state index in [1.54, 1.807) is 32.9 Å². The van der Waals surface area contributed by atoms with Gasteiger partial charge in [0.05, 0.1) is 30.2 Å². The highest BCUT2D eigenvalue weighted by molar-refractivity contribution is 9.10. The molecule has 0 saturated heterocycles. The Balaban J connectivity index is 1.68. The van der Waals surface area contributed by atoms with E-state index >= 15 is 0 Å². The number of pyridine rings is 2. The first-order chi connectivity index (χ1) is 21.2. The fourth-order valence-electron chi connectivity index (χ4n) is 3.95. The molecule has 234 valence electrons. The van der Waals surface area contributed by atoms with Gasteiger partial charge in [-0.3, -0.25) is 14.6 Å². The van der Waals surface area contributed by atoms with E-state index in [-0.39, 0.29) is 29.4 Å². The second-order valence-electron chi connectivity index (χ2n) is 10.6. The molecule has 0 aliphatic rings. The van der Waals surface area contributed by atoms with Crippen LogP contribution in [0.1, 0.15) is 42.6 Å². The molecule has 0 radical (unpaired) electrons. The van der Waals surface area contributed by atoms with Gasteiger partial charge in [0.25, 0.3) is 5.91 Å². The van der Waals surface area contributed by atoms with E-state index in [4.69, 9.17) is 4.74 Å². The zero-order valence-corrected chi connectivity index (χ0v) is 26.9. The summed E-state index contributed by atoms with van der Waals surface area (Å²) in [6.45, 7) is 3.19. The minimum atomic E-state index is -4.18. The molecule has 0 aliphatic carbocycles. The Morgan fingerprint density at radius 3 is 2.27 bits per heavy atom. The van der Waals surface area contributed by atoms with Crippen molar-refractivity contribution in [3.05, 3.63) is 101 Å². The van der Waals surface area contributed by atoms with Crippen LogP contribution < -0.4 is 0 Å². The number of aromatic nitrogens is 4. The van der Waals surface area contributed by atoms with Crippen molar-refractivity contribution < 1.29 is 32.6 Å². The van der Waals surface area contributed by atoms with Crippen LogP contribution in [0, 0.1) is 0 Å². The van der Waals surface area contributed by atoms with Gasteiger partial charge >= 0.3 is 12.1 Å². The molecular weight excluding hydrogens is 668 g/mol. The third-order valence-corrected chi connectivity index (χ3v) is 8.51. The van der Waals surface area contributed by atoms with Gasteiger partial charge in [-0.2, -0.15) is 14.5 Å². The number of amides is 2. The van der Waals surface area contributed by atoms with Crippen molar-refractivity contribution in [3.63, 3.8) is 0 Å². The number of rotatable bonds is 10. The Labute approximate surface area is 268 Å². The second kappa shape index (κ2) is 14.0. The molecule has 0 saturated carbocycles. The van der Waals surface area contributed by atoms with Crippen LogP contribution >= 0.6 is 15.9 Å². The highest BCUT2D eigenvalue weighted by atomic mass is 79.9. The van der Waals surface area contributed by atoms with Gasteiger partial charge < -0.3 is 9.84 Å². The molecule has 3 heterocycles. The molecule has 1 N–H and O–H groups in total. The van der Waals surface area contributed by atoms with E-state index in [0.717, 1.165) is 9.87 Å². The number of carboxylic acid groups (broad SMARTS) is 1. The van der Waals surface area contributed by atoms with E-state index in [1.807, 2.05) is 30.3 Å². The van der Waals surface area contributed by atoms with Crippen LogP contribution in [0.3, 0.4) is 0 Å². The molecule has 0 aliphatic heterocycles. The molecule has 4 rings (SSSR count). The number of benzene rings is 1. The number of imide groups is 1. The summed E-state index contributed by atoms with van der Waals surface area (Å²) in [4.78, 5) is 46.1. The third-order valence-electron chi connectivity index (χ3n) is 6.02. The van der Waals surface area contributed by atoms with Crippen LogP contribution in [0.4, 0.5) is 4.79 Å². The Morgan fingerprint density at radius 1 is 0.933 bits per heavy atom. The van der Waals surface area contributed by atoms with Gasteiger partial charge in [0, 0.05) is 22.4 Å². The average molecular weight is 698 g/mol. The number of ether oxygens (including phenoxy) is 1. The first-order valence-corrected chi connectivity index (χ1v) is 15.7. The fraction of sp³-hybridized carbons (Fsp3) is 0.233. The van der Waals surface area contributed by atoms with Crippen LogP contribution in [-0.4, -0.2) is 73.0 Å². The smallest absolute Gasteiger partial charge is 0.417 e. The predicted octanol–water partition coefficient (Wildman–Crippen LogP) is 4.55. The van der Waals surface area contributed by atoms with Crippen molar-refractivity contribution in [2.24, 2.45) is 0 Å². The number of nitrogens with zero attached hydrogens (tertiary/aromatic N) is 6. The van der Waals surface area contributed by atoms with Crippen LogP contribution in [0.5, 0.6) is 0 Å². The first-order valence-electron chi connectivity index (χ1n) is 13.4. The van der Waals surface area contributed by atoms with Crippen molar-refractivity contribution >= 4 is 43.9 Å². The number of sulfonamides is 1. The van der Waals surface area contributed by atoms with Gasteiger partial charge in [0.2, 0.25) is 10.0 Å². The summed E-state index contributed by atoms with van der Waals surface area (Å²) in [5.41, 5.74) is 0.591. The fourth-order valence-corrected chi connectivity index (χ4v) is 5.64. The van der Waals surface area contributed by atoms with Crippen LogP contribution in [-0.2, 0) is 32.6 Å². The Morgan fingerprint density at radius 2 is 1.67 bits per heavy atom. The predicted molar refractivity (Wildman–Crippen MR) is 165 cm³/mol. The van der Waals surface area contributed by atoms with Crippen molar-refractivity contribution in [1.29, 1.82) is 0 Å².